The van der Waals surface area contributed by atoms with E-state index >= 15 is 4.39 Å². The Bertz CT molecular complexity index is 1500. The van der Waals surface area contributed by atoms with Crippen LogP contribution in [0.3, 0.4) is 0 Å². The number of fused-ring (bicyclic) bond motifs is 1. The molecule has 2 fully saturated rings. The van der Waals surface area contributed by atoms with Gasteiger partial charge in [0, 0.05) is 30.7 Å². The number of piperidine rings is 1. The summed E-state index contributed by atoms with van der Waals surface area (Å²) in [6.45, 7) is 6.62. The average Bonchev–Trinajstić information content (AvgIpc) is 3.18. The van der Waals surface area contributed by atoms with Crippen LogP contribution in [0.5, 0.6) is 0 Å². The van der Waals surface area contributed by atoms with Crippen molar-refractivity contribution < 1.29 is 23.5 Å². The number of anilines is 1. The first-order valence-electron chi connectivity index (χ1n) is 12.7. The summed E-state index contributed by atoms with van der Waals surface area (Å²) in [5.41, 5.74) is 2.78. The highest BCUT2D eigenvalue weighted by atomic mass is 32.2. The number of ether oxygens (including phenoxy) is 1. The van der Waals surface area contributed by atoms with Crippen LogP contribution in [0.2, 0.25) is 0 Å². The number of benzene rings is 2. The molecule has 2 aliphatic rings. The zero-order valence-corrected chi connectivity index (χ0v) is 22.7. The molecule has 0 spiro atoms. The van der Waals surface area contributed by atoms with E-state index in [9.17, 15) is 14.4 Å². The smallest absolute Gasteiger partial charge is 0.407 e. The lowest BCUT2D eigenvalue weighted by Crippen LogP contribution is -2.49. The number of hydrogen-bond acceptors (Lipinski definition) is 7. The maximum Gasteiger partial charge on any atom is 0.407 e. The summed E-state index contributed by atoms with van der Waals surface area (Å²) >= 11 is 0.846. The first kappa shape index (κ1) is 26.7. The number of pyridine rings is 1. The van der Waals surface area contributed by atoms with Crippen LogP contribution in [0.15, 0.2) is 53.6 Å². The third kappa shape index (κ3) is 6.22. The summed E-state index contributed by atoms with van der Waals surface area (Å²) in [4.78, 5) is 42.4. The van der Waals surface area contributed by atoms with E-state index < -0.39 is 22.8 Å². The predicted molar refractivity (Wildman–Crippen MR) is 151 cm³/mol. The minimum Gasteiger partial charge on any atom is -0.444 e. The van der Waals surface area contributed by atoms with Gasteiger partial charge in [-0.2, -0.15) is 0 Å². The van der Waals surface area contributed by atoms with Crippen molar-refractivity contribution in [3.63, 3.8) is 0 Å². The molecule has 2 aliphatic heterocycles. The maximum absolute atomic E-state index is 15.5. The van der Waals surface area contributed by atoms with Gasteiger partial charge in [0.05, 0.1) is 16.1 Å². The van der Waals surface area contributed by atoms with Crippen molar-refractivity contribution in [3.8, 4) is 11.1 Å². The van der Waals surface area contributed by atoms with E-state index in [4.69, 9.17) is 4.74 Å². The summed E-state index contributed by atoms with van der Waals surface area (Å²) in [6.07, 6.45) is 4.40. The van der Waals surface area contributed by atoms with E-state index in [0.29, 0.717) is 34.8 Å². The van der Waals surface area contributed by atoms with E-state index in [1.165, 1.54) is 6.07 Å². The number of nitrogens with one attached hydrogen (secondary N) is 2. The number of imide groups is 1. The molecule has 5 rings (SSSR count). The number of thioether (sulfide) groups is 1. The van der Waals surface area contributed by atoms with Crippen LogP contribution in [0, 0.1) is 5.82 Å². The molecule has 1 aromatic heterocycles. The Morgan fingerprint density at radius 1 is 1.23 bits per heavy atom. The number of nitrogens with zero attached hydrogens (tertiary/aromatic N) is 2. The molecule has 3 amide bonds. The molecule has 2 aromatic carbocycles. The highest BCUT2D eigenvalue weighted by Crippen LogP contribution is 2.33. The zero-order valence-electron chi connectivity index (χ0n) is 21.9. The SMILES string of the molecule is CC(C)(C)OC(=O)N[C@@H]1CCCN(c2ccc(-c3cccc4ncc(C=C5SC(=O)NC5=O)cc34)cc2F)C1. The van der Waals surface area contributed by atoms with Crippen LogP contribution >= 0.6 is 11.8 Å². The highest BCUT2D eigenvalue weighted by Gasteiger charge is 2.27. The number of halogens is 1. The lowest BCUT2D eigenvalue weighted by atomic mass is 9.98. The topological polar surface area (TPSA) is 101 Å². The Labute approximate surface area is 230 Å². The van der Waals surface area contributed by atoms with Crippen molar-refractivity contribution in [2.75, 3.05) is 18.0 Å². The molecule has 8 nitrogen and oxygen atoms in total. The maximum atomic E-state index is 15.5. The van der Waals surface area contributed by atoms with Crippen molar-refractivity contribution in [1.29, 1.82) is 0 Å². The van der Waals surface area contributed by atoms with E-state index in [-0.39, 0.29) is 11.9 Å². The van der Waals surface area contributed by atoms with Gasteiger partial charge in [-0.15, -0.1) is 0 Å². The van der Waals surface area contributed by atoms with Crippen LogP contribution in [0.4, 0.5) is 19.7 Å². The highest BCUT2D eigenvalue weighted by molar-refractivity contribution is 8.18. The molecule has 0 saturated carbocycles. The number of alkyl carbamates (subject to hydrolysis) is 1. The first-order chi connectivity index (χ1) is 18.6. The van der Waals surface area contributed by atoms with E-state index in [1.807, 2.05) is 56.0 Å². The lowest BCUT2D eigenvalue weighted by Gasteiger charge is -2.35. The molecule has 2 N–H and O–H groups in total. The minimum absolute atomic E-state index is 0.139. The van der Waals surface area contributed by atoms with Crippen LogP contribution in [-0.2, 0) is 9.53 Å². The second kappa shape index (κ2) is 10.7. The molecule has 39 heavy (non-hydrogen) atoms. The van der Waals surface area contributed by atoms with Gasteiger partial charge in [-0.3, -0.25) is 19.9 Å². The number of amides is 3. The third-order valence-corrected chi connectivity index (χ3v) is 7.24. The fourth-order valence-electron chi connectivity index (χ4n) is 4.79. The number of rotatable bonds is 4. The lowest BCUT2D eigenvalue weighted by molar-refractivity contribution is -0.115. The molecule has 1 atom stereocenters. The average molecular weight is 549 g/mol. The molecule has 2 saturated heterocycles. The van der Waals surface area contributed by atoms with Gasteiger partial charge >= 0.3 is 6.09 Å². The van der Waals surface area contributed by atoms with E-state index in [2.05, 4.69) is 15.6 Å². The van der Waals surface area contributed by atoms with E-state index in [0.717, 1.165) is 41.1 Å². The molecular formula is C29H29FN4O4S. The van der Waals surface area contributed by atoms with Gasteiger partial charge in [0.15, 0.2) is 0 Å². The number of carbonyl (C=O) groups excluding carboxylic acids is 3. The Morgan fingerprint density at radius 2 is 2.05 bits per heavy atom. The molecule has 0 radical (unpaired) electrons. The Balaban J connectivity index is 1.38. The summed E-state index contributed by atoms with van der Waals surface area (Å²) in [5, 5.41) is 5.54. The van der Waals surface area contributed by atoms with Gasteiger partial charge in [0.1, 0.15) is 11.4 Å². The monoisotopic (exact) mass is 548 g/mol. The van der Waals surface area contributed by atoms with Crippen LogP contribution in [-0.4, -0.2) is 47.0 Å². The molecule has 0 bridgehead atoms. The standard InChI is InChI=1S/C29H29FN4O4S/c1-29(2,3)38-27(36)32-19-6-5-11-34(16-19)24-10-9-18(14-22(24)30)20-7-4-8-23-21(20)12-17(15-31-23)13-25-26(35)33-28(37)39-25/h4,7-10,12-15,19H,5-6,11,16H2,1-3H3,(H,32,36)(H,33,35,37)/t19-/m1/s1. The normalized spacial score (nSPS) is 18.9. The summed E-state index contributed by atoms with van der Waals surface area (Å²) in [7, 11) is 0. The van der Waals surface area contributed by atoms with Gasteiger partial charge in [0.2, 0.25) is 0 Å². The molecule has 3 aromatic rings. The van der Waals surface area contributed by atoms with Gasteiger partial charge in [-0.1, -0.05) is 18.2 Å². The third-order valence-electron chi connectivity index (χ3n) is 6.43. The number of hydrogen-bond donors (Lipinski definition) is 2. The van der Waals surface area contributed by atoms with E-state index in [1.54, 1.807) is 18.3 Å². The second-order valence-electron chi connectivity index (χ2n) is 10.6. The quantitative estimate of drug-likeness (QED) is 0.394. The van der Waals surface area contributed by atoms with Crippen molar-refractivity contribution in [1.82, 2.24) is 15.6 Å². The molecule has 10 heteroatoms. The van der Waals surface area contributed by atoms with Gasteiger partial charge in [0.25, 0.3) is 11.1 Å². The predicted octanol–water partition coefficient (Wildman–Crippen LogP) is 5.86. The number of aromatic nitrogens is 1. The summed E-state index contributed by atoms with van der Waals surface area (Å²) in [5.74, 6) is -0.788. The molecule has 202 valence electrons. The van der Waals surface area contributed by atoms with Crippen LogP contribution < -0.4 is 15.5 Å². The van der Waals surface area contributed by atoms with Crippen LogP contribution in [0.25, 0.3) is 28.1 Å². The molecule has 3 heterocycles. The second-order valence-corrected chi connectivity index (χ2v) is 11.6. The fraction of sp³-hybridized carbons (Fsp3) is 0.310. The van der Waals surface area contributed by atoms with Crippen molar-refractivity contribution >= 4 is 51.7 Å². The van der Waals surface area contributed by atoms with Crippen molar-refractivity contribution in [2.45, 2.75) is 45.3 Å². The summed E-state index contributed by atoms with van der Waals surface area (Å²) < 4.78 is 20.9. The largest absolute Gasteiger partial charge is 0.444 e. The Morgan fingerprint density at radius 3 is 2.77 bits per heavy atom. The van der Waals surface area contributed by atoms with Gasteiger partial charge < -0.3 is 15.0 Å². The number of carbonyl (C=O) groups is 3. The molecule has 0 aliphatic carbocycles. The van der Waals surface area contributed by atoms with Crippen molar-refractivity contribution in [2.24, 2.45) is 0 Å². The van der Waals surface area contributed by atoms with Gasteiger partial charge in [-0.25, -0.2) is 9.18 Å². The Hall–Kier alpha value is -3.92. The minimum atomic E-state index is -0.585. The summed E-state index contributed by atoms with van der Waals surface area (Å²) in [6, 6.07) is 12.5. The molecule has 0 unspecified atom stereocenters. The molecular weight excluding hydrogens is 519 g/mol. The van der Waals surface area contributed by atoms with Gasteiger partial charge in [-0.05, 0) is 92.4 Å². The van der Waals surface area contributed by atoms with Crippen molar-refractivity contribution in [3.05, 3.63) is 64.9 Å². The zero-order chi connectivity index (χ0) is 27.7. The first-order valence-corrected chi connectivity index (χ1v) is 13.6. The Kier molecular flexibility index (Phi) is 7.31. The fourth-order valence-corrected chi connectivity index (χ4v) is 5.47. The van der Waals surface area contributed by atoms with Crippen LogP contribution in [0.1, 0.15) is 39.2 Å².